The van der Waals surface area contributed by atoms with Gasteiger partial charge in [-0.1, -0.05) is 31.7 Å². The Balaban J connectivity index is 2.23. The van der Waals surface area contributed by atoms with Crippen molar-refractivity contribution in [2.75, 3.05) is 25.4 Å². The molecule has 0 aliphatic rings. The zero-order valence-electron chi connectivity index (χ0n) is 17.6. The number of aliphatic hydroxyl groups excluding tert-OH is 2. The minimum Gasteiger partial charge on any atom is -0.504 e. The highest BCUT2D eigenvalue weighted by Gasteiger charge is 2.32. The first-order chi connectivity index (χ1) is 14.5. The van der Waals surface area contributed by atoms with Crippen LogP contribution in [0.2, 0.25) is 0 Å². The monoisotopic (exact) mass is 457 g/mol. The lowest BCUT2D eigenvalue weighted by Gasteiger charge is -2.27. The zero-order chi connectivity index (χ0) is 23.6. The van der Waals surface area contributed by atoms with E-state index in [9.17, 15) is 29.7 Å². The number of rotatable bonds is 12. The van der Waals surface area contributed by atoms with Crippen LogP contribution in [0, 0.1) is 5.41 Å². The zero-order valence-corrected chi connectivity index (χ0v) is 18.4. The number of aromatic hydroxyl groups is 2. The van der Waals surface area contributed by atoms with Gasteiger partial charge in [-0.05, 0) is 24.1 Å². The lowest BCUT2D eigenvalue weighted by Crippen LogP contribution is -2.46. The van der Waals surface area contributed by atoms with Crippen molar-refractivity contribution in [2.45, 2.75) is 38.8 Å². The molecule has 0 spiro atoms. The van der Waals surface area contributed by atoms with Crippen LogP contribution in [-0.2, 0) is 20.8 Å². The summed E-state index contributed by atoms with van der Waals surface area (Å²) in [6, 6.07) is 3.43. The number of nitrogens with one attached hydrogen (secondary N) is 2. The van der Waals surface area contributed by atoms with Gasteiger partial charge in [-0.15, -0.1) is 0 Å². The highest BCUT2D eigenvalue weighted by atomic mass is 32.2. The van der Waals surface area contributed by atoms with E-state index in [4.69, 9.17) is 10.8 Å². The molecule has 31 heavy (non-hydrogen) atoms. The second-order valence-electron chi connectivity index (χ2n) is 7.74. The van der Waals surface area contributed by atoms with Crippen LogP contribution < -0.4 is 16.4 Å². The molecule has 0 saturated carbocycles. The van der Waals surface area contributed by atoms with E-state index in [1.54, 1.807) is 19.9 Å². The maximum absolute atomic E-state index is 12.1. The fourth-order valence-electron chi connectivity index (χ4n) is 2.41. The van der Waals surface area contributed by atoms with Gasteiger partial charge in [0.25, 0.3) is 0 Å². The first kappa shape index (κ1) is 26.7. The summed E-state index contributed by atoms with van der Waals surface area (Å²) >= 11 is 0.974. The number of carbonyl (C=O) groups is 3. The van der Waals surface area contributed by atoms with Crippen molar-refractivity contribution >= 4 is 28.7 Å². The lowest BCUT2D eigenvalue weighted by atomic mass is 9.87. The molecule has 0 fully saturated rings. The van der Waals surface area contributed by atoms with Crippen LogP contribution >= 0.6 is 11.8 Å². The van der Waals surface area contributed by atoms with Crippen LogP contribution in [0.1, 0.15) is 25.8 Å². The van der Waals surface area contributed by atoms with Crippen molar-refractivity contribution in [3.8, 4) is 11.5 Å². The number of carbonyl (C=O) groups excluding carboxylic acids is 3. The molecule has 2 atom stereocenters. The summed E-state index contributed by atoms with van der Waals surface area (Å²) in [5.41, 5.74) is 5.48. The Morgan fingerprint density at radius 3 is 2.42 bits per heavy atom. The van der Waals surface area contributed by atoms with Crippen LogP contribution in [-0.4, -0.2) is 75.0 Å². The molecule has 0 saturated heterocycles. The molecule has 1 aromatic carbocycles. The average Bonchev–Trinajstić information content (AvgIpc) is 2.72. The Bertz CT molecular complexity index is 773. The Labute approximate surface area is 185 Å². The predicted octanol–water partition coefficient (Wildman–Crippen LogP) is -0.771. The molecule has 1 aromatic rings. The van der Waals surface area contributed by atoms with Crippen molar-refractivity contribution in [3.05, 3.63) is 23.8 Å². The fourth-order valence-corrected chi connectivity index (χ4v) is 3.11. The van der Waals surface area contributed by atoms with Gasteiger partial charge >= 0.3 is 0 Å². The second kappa shape index (κ2) is 12.5. The Morgan fingerprint density at radius 2 is 1.81 bits per heavy atom. The summed E-state index contributed by atoms with van der Waals surface area (Å²) in [5, 5.41) is 42.6. The van der Waals surface area contributed by atoms with E-state index >= 15 is 0 Å². The van der Waals surface area contributed by atoms with Crippen molar-refractivity contribution in [2.24, 2.45) is 11.1 Å². The molecule has 2 unspecified atom stereocenters. The number of aliphatic hydroxyl groups is 2. The van der Waals surface area contributed by atoms with Gasteiger partial charge in [-0.3, -0.25) is 14.4 Å². The predicted molar refractivity (Wildman–Crippen MR) is 116 cm³/mol. The fraction of sp³-hybridized carbons (Fsp3) is 0.550. The normalized spacial score (nSPS) is 13.3. The Kier molecular flexibility index (Phi) is 10.8. The number of hydrogen-bond acceptors (Lipinski definition) is 9. The summed E-state index contributed by atoms with van der Waals surface area (Å²) < 4.78 is 0. The van der Waals surface area contributed by atoms with E-state index in [0.29, 0.717) is 11.3 Å². The van der Waals surface area contributed by atoms with Gasteiger partial charge in [0.2, 0.25) is 16.9 Å². The summed E-state index contributed by atoms with van der Waals surface area (Å²) in [6.45, 7) is 2.99. The maximum Gasteiger partial charge on any atom is 0.249 e. The molecule has 8 N–H and O–H groups in total. The van der Waals surface area contributed by atoms with Crippen LogP contribution in [0.3, 0.4) is 0 Å². The van der Waals surface area contributed by atoms with E-state index in [2.05, 4.69) is 10.6 Å². The molecular weight excluding hydrogens is 426 g/mol. The number of phenolic OH excluding ortho intramolecular Hbond substituents is 2. The molecule has 0 heterocycles. The lowest BCUT2D eigenvalue weighted by molar-refractivity contribution is -0.137. The molecule has 174 valence electrons. The van der Waals surface area contributed by atoms with Gasteiger partial charge in [-0.2, -0.15) is 0 Å². The minimum absolute atomic E-state index is 0.000482. The van der Waals surface area contributed by atoms with Gasteiger partial charge in [-0.25, -0.2) is 0 Å². The van der Waals surface area contributed by atoms with Crippen molar-refractivity contribution in [3.63, 3.8) is 0 Å². The summed E-state index contributed by atoms with van der Waals surface area (Å²) in [6.07, 6.45) is -1.19. The van der Waals surface area contributed by atoms with E-state index in [1.807, 2.05) is 0 Å². The van der Waals surface area contributed by atoms with Gasteiger partial charge in [0.15, 0.2) is 11.5 Å². The summed E-state index contributed by atoms with van der Waals surface area (Å²) in [4.78, 5) is 35.7. The minimum atomic E-state index is -1.39. The molecular formula is C20H31N3O7S. The summed E-state index contributed by atoms with van der Waals surface area (Å²) in [7, 11) is 0. The Morgan fingerprint density at radius 1 is 1.13 bits per heavy atom. The van der Waals surface area contributed by atoms with Gasteiger partial charge < -0.3 is 36.8 Å². The van der Waals surface area contributed by atoms with E-state index < -0.39 is 23.5 Å². The highest BCUT2D eigenvalue weighted by molar-refractivity contribution is 8.13. The molecule has 0 bridgehead atoms. The quantitative estimate of drug-likeness (QED) is 0.156. The molecule has 11 heteroatoms. The largest absolute Gasteiger partial charge is 0.504 e. The van der Waals surface area contributed by atoms with Gasteiger partial charge in [0.1, 0.15) is 6.10 Å². The number of amides is 2. The molecule has 1 rings (SSSR count). The molecule has 0 aromatic heterocycles. The first-order valence-electron chi connectivity index (χ1n) is 9.74. The SMILES string of the molecule is CC(C)(CO)C(O)C(=O)NCCC(=O)NCCSC(=O)C(N)Cc1ccc(O)c(O)c1. The molecule has 10 nitrogen and oxygen atoms in total. The third-order valence-electron chi connectivity index (χ3n) is 4.51. The van der Waals surface area contributed by atoms with Crippen LogP contribution in [0.5, 0.6) is 11.5 Å². The van der Waals surface area contributed by atoms with Crippen molar-refractivity contribution in [1.29, 1.82) is 0 Å². The number of hydrogen-bond donors (Lipinski definition) is 7. The first-order valence-corrected chi connectivity index (χ1v) is 10.7. The maximum atomic E-state index is 12.1. The Hall–Kier alpha value is -2.34. The second-order valence-corrected chi connectivity index (χ2v) is 8.84. The topological polar surface area (TPSA) is 182 Å². The number of nitrogens with two attached hydrogens (primary N) is 1. The van der Waals surface area contributed by atoms with E-state index in [1.165, 1.54) is 12.1 Å². The van der Waals surface area contributed by atoms with Crippen molar-refractivity contribution < 1.29 is 34.8 Å². The summed E-state index contributed by atoms with van der Waals surface area (Å²) in [5.74, 6) is -1.21. The molecule has 0 aliphatic heterocycles. The molecule has 0 aliphatic carbocycles. The van der Waals surface area contributed by atoms with Gasteiger partial charge in [0, 0.05) is 30.7 Å². The molecule has 0 radical (unpaired) electrons. The van der Waals surface area contributed by atoms with E-state index in [-0.39, 0.29) is 55.1 Å². The van der Waals surface area contributed by atoms with Crippen LogP contribution in [0.15, 0.2) is 18.2 Å². The van der Waals surface area contributed by atoms with Crippen LogP contribution in [0.25, 0.3) is 0 Å². The van der Waals surface area contributed by atoms with Crippen LogP contribution in [0.4, 0.5) is 0 Å². The number of phenols is 2. The average molecular weight is 458 g/mol. The number of thioether (sulfide) groups is 1. The highest BCUT2D eigenvalue weighted by Crippen LogP contribution is 2.25. The molecule has 2 amide bonds. The standard InChI is InChI=1S/C20H31N3O7S/c1-20(2,11-24)17(28)18(29)23-6-5-16(27)22-7-8-31-19(30)13(21)9-12-3-4-14(25)15(26)10-12/h3-4,10,13,17,24-26,28H,5-9,11,21H2,1-2H3,(H,22,27)(H,23,29). The van der Waals surface area contributed by atoms with Crippen molar-refractivity contribution in [1.82, 2.24) is 10.6 Å². The third-order valence-corrected chi connectivity index (χ3v) is 5.51. The van der Waals surface area contributed by atoms with E-state index in [0.717, 1.165) is 11.8 Å². The number of benzene rings is 1. The smallest absolute Gasteiger partial charge is 0.249 e. The third kappa shape index (κ3) is 9.13. The van der Waals surface area contributed by atoms with Gasteiger partial charge in [0.05, 0.1) is 12.6 Å².